The van der Waals surface area contributed by atoms with Gasteiger partial charge < -0.3 is 39.9 Å². The summed E-state index contributed by atoms with van der Waals surface area (Å²) in [5.41, 5.74) is 5.94. The zero-order valence-corrected chi connectivity index (χ0v) is 33.5. The molecule has 0 spiro atoms. The highest BCUT2D eigenvalue weighted by Crippen LogP contribution is 2.55. The third-order valence-corrected chi connectivity index (χ3v) is 11.9. The molecule has 14 heteroatoms. The summed E-state index contributed by atoms with van der Waals surface area (Å²) in [6.07, 6.45) is 8.78. The predicted molar refractivity (Wildman–Crippen MR) is 211 cm³/mol. The summed E-state index contributed by atoms with van der Waals surface area (Å²) in [6, 6.07) is 2.28. The lowest BCUT2D eigenvalue weighted by Crippen LogP contribution is -2.51. The molecule has 1 aromatic carbocycles. The van der Waals surface area contributed by atoms with Gasteiger partial charge >= 0.3 is 12.2 Å². The van der Waals surface area contributed by atoms with Gasteiger partial charge in [-0.3, -0.25) is 9.59 Å². The zero-order chi connectivity index (χ0) is 40.4. The Kier molecular flexibility index (Phi) is 11.6. The second-order valence-electron chi connectivity index (χ2n) is 16.2. The number of fused-ring (bicyclic) bond motifs is 5. The van der Waals surface area contributed by atoms with Gasteiger partial charge in [0.1, 0.15) is 35.1 Å². The number of hydrogen-bond donors (Lipinski definition) is 4. The number of hydrogen-bond acceptors (Lipinski definition) is 8. The Morgan fingerprint density at radius 2 is 1.11 bits per heavy atom. The number of methoxy groups -OCH3 is 2. The fourth-order valence-corrected chi connectivity index (χ4v) is 9.03. The van der Waals surface area contributed by atoms with E-state index in [-0.39, 0.29) is 35.7 Å². The number of alkyl carbamates (subject to hydrolysis) is 2. The first-order valence-electron chi connectivity index (χ1n) is 20.1. The van der Waals surface area contributed by atoms with E-state index in [0.29, 0.717) is 48.0 Å². The highest BCUT2D eigenvalue weighted by Gasteiger charge is 2.41. The van der Waals surface area contributed by atoms with Crippen LogP contribution >= 0.6 is 0 Å². The summed E-state index contributed by atoms with van der Waals surface area (Å²) in [4.78, 5) is 70.7. The van der Waals surface area contributed by atoms with Crippen molar-refractivity contribution in [2.24, 2.45) is 11.8 Å². The molecule has 4 amide bonds. The van der Waals surface area contributed by atoms with Gasteiger partial charge in [-0.15, -0.1) is 0 Å². The molecule has 7 rings (SSSR count). The van der Waals surface area contributed by atoms with E-state index in [1.165, 1.54) is 25.3 Å². The Balaban J connectivity index is 1.07. The average Bonchev–Trinajstić information content (AvgIpc) is 4.06. The van der Waals surface area contributed by atoms with Crippen LogP contribution in [0.25, 0.3) is 0 Å². The van der Waals surface area contributed by atoms with Crippen molar-refractivity contribution in [1.82, 2.24) is 40.4 Å². The van der Waals surface area contributed by atoms with Gasteiger partial charge in [0.2, 0.25) is 11.8 Å². The summed E-state index contributed by atoms with van der Waals surface area (Å²) in [5.74, 6) is 15.2. The van der Waals surface area contributed by atoms with Crippen molar-refractivity contribution >= 4 is 24.0 Å². The molecule has 6 atom stereocenters. The Morgan fingerprint density at radius 3 is 1.49 bits per heavy atom. The fourth-order valence-electron chi connectivity index (χ4n) is 9.03. The van der Waals surface area contributed by atoms with Crippen molar-refractivity contribution in [2.75, 3.05) is 27.3 Å². The molecular formula is C43H52N8O6. The van der Waals surface area contributed by atoms with Gasteiger partial charge in [0.05, 0.1) is 38.7 Å². The number of aromatic amines is 2. The number of ether oxygens (including phenoxy) is 2. The molecule has 14 nitrogen and oxygen atoms in total. The minimum Gasteiger partial charge on any atom is -0.453 e. The van der Waals surface area contributed by atoms with E-state index in [2.05, 4.69) is 66.4 Å². The zero-order valence-electron chi connectivity index (χ0n) is 33.5. The lowest BCUT2D eigenvalue weighted by Gasteiger charge is -2.29. The predicted octanol–water partition coefficient (Wildman–Crippen LogP) is 5.39. The standard InChI is InChI=1S/C43H52N8O6/c1-24(2)36(48-42(54)56-5)40(52)50-19-7-9-32(50)38-44-22-30(46-38)17-15-26-11-12-27(35-29-14-13-28(21-29)34(26)35)16-18-31-23-45-39(47-31)33-10-8-20-51(33)41(53)37(25(3)4)49-43(55)57-6/h11-12,22-25,28-29,32-33,36-37H,7-10,13-14,19-21H2,1-6H3,(H,44,46)(H,45,47)(H,48,54)(H,49,55)/t28?,29?,32-,33-,36-,37-/m0/s1. The first-order chi connectivity index (χ1) is 27.5. The van der Waals surface area contributed by atoms with E-state index in [1.807, 2.05) is 27.7 Å². The van der Waals surface area contributed by atoms with Crippen molar-refractivity contribution in [3.63, 3.8) is 0 Å². The maximum Gasteiger partial charge on any atom is 0.407 e. The van der Waals surface area contributed by atoms with Gasteiger partial charge in [0, 0.05) is 24.2 Å². The Morgan fingerprint density at radius 1 is 0.684 bits per heavy atom. The maximum atomic E-state index is 13.6. The second kappa shape index (κ2) is 16.8. The van der Waals surface area contributed by atoms with Crippen LogP contribution in [-0.4, -0.2) is 93.1 Å². The number of carbonyl (C=O) groups excluding carboxylic acids is 4. The van der Waals surface area contributed by atoms with Crippen molar-refractivity contribution in [3.05, 3.63) is 69.8 Å². The van der Waals surface area contributed by atoms with Crippen molar-refractivity contribution < 1.29 is 28.7 Å². The number of amides is 4. The number of aromatic nitrogens is 4. The smallest absolute Gasteiger partial charge is 0.407 e. The number of imidazole rings is 2. The van der Waals surface area contributed by atoms with Gasteiger partial charge in [-0.2, -0.15) is 0 Å². The van der Waals surface area contributed by atoms with Gasteiger partial charge in [0.15, 0.2) is 0 Å². The molecule has 57 heavy (non-hydrogen) atoms. The van der Waals surface area contributed by atoms with E-state index < -0.39 is 24.3 Å². The van der Waals surface area contributed by atoms with Crippen LogP contribution in [0.1, 0.15) is 142 Å². The molecule has 4 aliphatic rings. The monoisotopic (exact) mass is 776 g/mol. The van der Waals surface area contributed by atoms with Crippen LogP contribution in [0.15, 0.2) is 24.5 Å². The molecule has 4 N–H and O–H groups in total. The Hall–Kier alpha value is -5.76. The number of likely N-dealkylation sites (tertiary alicyclic amines) is 2. The summed E-state index contributed by atoms with van der Waals surface area (Å²) in [5, 5.41) is 5.39. The van der Waals surface area contributed by atoms with E-state index in [9.17, 15) is 19.2 Å². The molecule has 2 aliphatic carbocycles. The molecule has 300 valence electrons. The maximum absolute atomic E-state index is 13.6. The topological polar surface area (TPSA) is 175 Å². The van der Waals surface area contributed by atoms with Gasteiger partial charge in [0.25, 0.3) is 0 Å². The number of carbonyl (C=O) groups is 4. The third-order valence-electron chi connectivity index (χ3n) is 11.9. The van der Waals surface area contributed by atoms with E-state index in [4.69, 9.17) is 9.47 Å². The van der Waals surface area contributed by atoms with Crippen LogP contribution in [0.4, 0.5) is 9.59 Å². The van der Waals surface area contributed by atoms with Crippen molar-refractivity contribution in [2.45, 2.75) is 109 Å². The molecule has 0 radical (unpaired) electrons. The molecule has 4 heterocycles. The summed E-state index contributed by atoms with van der Waals surface area (Å²) in [6.45, 7) is 8.76. The highest BCUT2D eigenvalue weighted by atomic mass is 16.5. The lowest BCUT2D eigenvalue weighted by atomic mass is 9.85. The number of nitrogens with one attached hydrogen (secondary N) is 4. The fraction of sp³-hybridized carbons (Fsp3) is 0.535. The Labute approximate surface area is 333 Å². The van der Waals surface area contributed by atoms with Crippen LogP contribution in [0.5, 0.6) is 0 Å². The van der Waals surface area contributed by atoms with Crippen molar-refractivity contribution in [3.8, 4) is 23.7 Å². The lowest BCUT2D eigenvalue weighted by molar-refractivity contribution is -0.136. The minimum atomic E-state index is -0.698. The van der Waals surface area contributed by atoms with Crippen LogP contribution in [0, 0.1) is 35.5 Å². The van der Waals surface area contributed by atoms with Crippen LogP contribution in [0.3, 0.4) is 0 Å². The number of H-pyrrole nitrogens is 2. The summed E-state index contributed by atoms with van der Waals surface area (Å²) in [7, 11) is 2.58. The summed E-state index contributed by atoms with van der Waals surface area (Å²) >= 11 is 0. The molecule has 1 saturated carbocycles. The largest absolute Gasteiger partial charge is 0.453 e. The van der Waals surface area contributed by atoms with Crippen LogP contribution in [-0.2, 0) is 19.1 Å². The normalized spacial score (nSPS) is 21.7. The summed E-state index contributed by atoms with van der Waals surface area (Å²) < 4.78 is 9.53. The van der Waals surface area contributed by atoms with E-state index >= 15 is 0 Å². The molecule has 3 aromatic rings. The van der Waals surface area contributed by atoms with E-state index in [0.717, 1.165) is 56.1 Å². The average molecular weight is 777 g/mol. The Bertz CT molecular complexity index is 2000. The molecule has 2 aromatic heterocycles. The molecule has 2 aliphatic heterocycles. The first-order valence-corrected chi connectivity index (χ1v) is 20.1. The quantitative estimate of drug-likeness (QED) is 0.221. The molecule has 3 fully saturated rings. The van der Waals surface area contributed by atoms with Crippen LogP contribution < -0.4 is 10.6 Å². The van der Waals surface area contributed by atoms with Gasteiger partial charge in [-0.1, -0.05) is 39.5 Å². The third kappa shape index (κ3) is 8.09. The second-order valence-corrected chi connectivity index (χ2v) is 16.2. The molecular weight excluding hydrogens is 725 g/mol. The van der Waals surface area contributed by atoms with Gasteiger partial charge in [-0.05, 0) is 104 Å². The number of benzene rings is 1. The van der Waals surface area contributed by atoms with Gasteiger partial charge in [-0.25, -0.2) is 19.6 Å². The molecule has 2 saturated heterocycles. The minimum absolute atomic E-state index is 0.113. The number of nitrogens with zero attached hydrogens (tertiary/aromatic N) is 4. The van der Waals surface area contributed by atoms with E-state index in [1.54, 1.807) is 22.2 Å². The SMILES string of the molecule is COC(=O)N[C@H](C(=O)N1CCC[C@H]1c1ncc(C#Cc2ccc(C#Cc3cnc([C@@H]4CCCN4C(=O)[C@@H](NC(=O)OC)C(C)C)[nH]3)c3c2C2CCC3C2)[nH]1)C(C)C. The van der Waals surface area contributed by atoms with Crippen molar-refractivity contribution in [1.29, 1.82) is 0 Å². The molecule has 2 unspecified atom stereocenters. The molecule has 2 bridgehead atoms. The van der Waals surface area contributed by atoms with Crippen LogP contribution in [0.2, 0.25) is 0 Å². The number of rotatable bonds is 8. The highest BCUT2D eigenvalue weighted by molar-refractivity contribution is 5.87. The first kappa shape index (κ1) is 39.5.